The van der Waals surface area contributed by atoms with Crippen LogP contribution in [0.25, 0.3) is 10.8 Å². The number of rotatable bonds is 8. The first-order valence-corrected chi connectivity index (χ1v) is 13.6. The number of esters is 1. The first kappa shape index (κ1) is 25.8. The Kier molecular flexibility index (Phi) is 7.68. The highest BCUT2D eigenvalue weighted by molar-refractivity contribution is 8.08. The monoisotopic (exact) mass is 521 g/mol. The molecule has 0 aromatic heterocycles. The van der Waals surface area contributed by atoms with Crippen molar-refractivity contribution in [1.82, 2.24) is 3.71 Å². The van der Waals surface area contributed by atoms with Gasteiger partial charge in [0, 0.05) is 16.8 Å². The number of aryl methyl sites for hydroxylation is 1. The molecule has 0 saturated heterocycles. The molecule has 0 fully saturated rings. The van der Waals surface area contributed by atoms with E-state index in [-0.39, 0.29) is 17.0 Å². The standard InChI is InChI=1S/C28H27NO5S2/c1-5-29(36(31,32)24-17-19(2)20(3)26(18-24)28(30)33-4)35-23-15-13-22(14-16-23)34-27-12-8-10-21-9-6-7-11-25(21)27/h6-18H,5H2,1-4H3. The minimum atomic E-state index is -3.88. The molecule has 0 saturated carbocycles. The summed E-state index contributed by atoms with van der Waals surface area (Å²) in [5.74, 6) is 0.839. The van der Waals surface area contributed by atoms with E-state index in [2.05, 4.69) is 0 Å². The van der Waals surface area contributed by atoms with Gasteiger partial charge in [-0.15, -0.1) is 3.71 Å². The first-order chi connectivity index (χ1) is 17.2. The van der Waals surface area contributed by atoms with Gasteiger partial charge >= 0.3 is 5.97 Å². The second kappa shape index (κ2) is 10.7. The van der Waals surface area contributed by atoms with E-state index in [4.69, 9.17) is 9.47 Å². The van der Waals surface area contributed by atoms with Crippen molar-refractivity contribution in [1.29, 1.82) is 0 Å². The summed E-state index contributed by atoms with van der Waals surface area (Å²) in [6.45, 7) is 5.55. The second-order valence-electron chi connectivity index (χ2n) is 8.17. The maximum atomic E-state index is 13.5. The number of nitrogens with zero attached hydrogens (tertiary/aromatic N) is 1. The number of sulfonamides is 1. The van der Waals surface area contributed by atoms with Crippen molar-refractivity contribution in [2.24, 2.45) is 0 Å². The lowest BCUT2D eigenvalue weighted by Crippen LogP contribution is -2.25. The van der Waals surface area contributed by atoms with Crippen molar-refractivity contribution in [3.8, 4) is 11.5 Å². The van der Waals surface area contributed by atoms with E-state index >= 15 is 0 Å². The molecular weight excluding hydrogens is 494 g/mol. The molecule has 0 radical (unpaired) electrons. The lowest BCUT2D eigenvalue weighted by Gasteiger charge is -2.21. The maximum Gasteiger partial charge on any atom is 0.338 e. The molecule has 0 unspecified atom stereocenters. The Balaban J connectivity index is 1.56. The molecule has 0 aliphatic rings. The molecule has 0 atom stereocenters. The predicted octanol–water partition coefficient (Wildman–Crippen LogP) is 6.75. The van der Waals surface area contributed by atoms with Crippen molar-refractivity contribution in [3.63, 3.8) is 0 Å². The van der Waals surface area contributed by atoms with Crippen molar-refractivity contribution in [2.75, 3.05) is 13.7 Å². The quantitative estimate of drug-likeness (QED) is 0.189. The summed E-state index contributed by atoms with van der Waals surface area (Å²) < 4.78 is 39.2. The van der Waals surface area contributed by atoms with E-state index in [1.54, 1.807) is 26.8 Å². The number of hydrogen-bond acceptors (Lipinski definition) is 6. The molecule has 36 heavy (non-hydrogen) atoms. The van der Waals surface area contributed by atoms with Crippen molar-refractivity contribution in [2.45, 2.75) is 30.6 Å². The number of methoxy groups -OCH3 is 1. The van der Waals surface area contributed by atoms with Gasteiger partial charge < -0.3 is 9.47 Å². The summed E-state index contributed by atoms with van der Waals surface area (Å²) in [4.78, 5) is 13.0. The van der Waals surface area contributed by atoms with E-state index < -0.39 is 16.0 Å². The number of benzene rings is 4. The zero-order valence-electron chi connectivity index (χ0n) is 20.5. The smallest absolute Gasteiger partial charge is 0.338 e. The first-order valence-electron chi connectivity index (χ1n) is 11.4. The summed E-state index contributed by atoms with van der Waals surface area (Å²) in [6.07, 6.45) is 0. The molecule has 0 heterocycles. The highest BCUT2D eigenvalue weighted by Gasteiger charge is 2.27. The van der Waals surface area contributed by atoms with Crippen LogP contribution in [0.5, 0.6) is 11.5 Å². The highest BCUT2D eigenvalue weighted by Crippen LogP contribution is 2.34. The number of hydrogen-bond donors (Lipinski definition) is 0. The molecule has 0 aliphatic heterocycles. The Morgan fingerprint density at radius 2 is 1.64 bits per heavy atom. The molecule has 0 N–H and O–H groups in total. The molecular formula is C28H27NO5S2. The van der Waals surface area contributed by atoms with Gasteiger partial charge in [-0.3, -0.25) is 0 Å². The average Bonchev–Trinajstić information content (AvgIpc) is 2.89. The van der Waals surface area contributed by atoms with Gasteiger partial charge in [-0.1, -0.05) is 43.3 Å². The van der Waals surface area contributed by atoms with Crippen LogP contribution >= 0.6 is 11.9 Å². The third-order valence-electron chi connectivity index (χ3n) is 5.88. The van der Waals surface area contributed by atoms with E-state index in [0.717, 1.165) is 33.4 Å². The van der Waals surface area contributed by atoms with Gasteiger partial charge in [0.15, 0.2) is 0 Å². The maximum absolute atomic E-state index is 13.5. The van der Waals surface area contributed by atoms with Crippen molar-refractivity contribution in [3.05, 3.63) is 95.6 Å². The molecule has 186 valence electrons. The van der Waals surface area contributed by atoms with Gasteiger partial charge in [0.05, 0.1) is 17.6 Å². The van der Waals surface area contributed by atoms with Crippen LogP contribution in [0.1, 0.15) is 28.4 Å². The van der Waals surface area contributed by atoms with Crippen LogP contribution < -0.4 is 4.74 Å². The Hall–Kier alpha value is -3.33. The SMILES string of the molecule is CCN(Sc1ccc(Oc2cccc3ccccc23)cc1)S(=O)(=O)c1cc(C)c(C)c(C(=O)OC)c1. The molecule has 6 nitrogen and oxygen atoms in total. The van der Waals surface area contributed by atoms with Crippen molar-refractivity contribution >= 4 is 38.7 Å². The van der Waals surface area contributed by atoms with Gasteiger partial charge in [-0.2, -0.15) is 0 Å². The Morgan fingerprint density at radius 1 is 0.944 bits per heavy atom. The van der Waals surface area contributed by atoms with Gasteiger partial charge in [0.25, 0.3) is 10.0 Å². The van der Waals surface area contributed by atoms with E-state index in [0.29, 0.717) is 16.9 Å². The van der Waals surface area contributed by atoms with Gasteiger partial charge in [0.2, 0.25) is 0 Å². The van der Waals surface area contributed by atoms with Crippen LogP contribution in [-0.2, 0) is 14.8 Å². The number of ether oxygens (including phenoxy) is 2. The zero-order chi connectivity index (χ0) is 25.9. The number of carbonyl (C=O) groups is 1. The molecule has 0 bridgehead atoms. The van der Waals surface area contributed by atoms with Crippen LogP contribution in [0.3, 0.4) is 0 Å². The molecule has 4 rings (SSSR count). The molecule has 0 aliphatic carbocycles. The van der Waals surface area contributed by atoms with Crippen LogP contribution in [0, 0.1) is 13.8 Å². The fourth-order valence-corrected chi connectivity index (χ4v) is 6.49. The summed E-state index contributed by atoms with van der Waals surface area (Å²) in [5, 5.41) is 2.11. The molecule has 4 aromatic rings. The van der Waals surface area contributed by atoms with Crippen LogP contribution in [-0.4, -0.2) is 31.8 Å². The summed E-state index contributed by atoms with van der Waals surface area (Å²) >= 11 is 1.11. The highest BCUT2D eigenvalue weighted by atomic mass is 32.3. The van der Waals surface area contributed by atoms with Gasteiger partial charge in [-0.05, 0) is 84.8 Å². The average molecular weight is 522 g/mol. The summed E-state index contributed by atoms with van der Waals surface area (Å²) in [6, 6.07) is 24.1. The normalized spacial score (nSPS) is 11.6. The molecule has 0 amide bonds. The summed E-state index contributed by atoms with van der Waals surface area (Å²) in [5.41, 5.74) is 1.64. The van der Waals surface area contributed by atoms with E-state index in [1.165, 1.54) is 16.9 Å². The minimum Gasteiger partial charge on any atom is -0.465 e. The largest absolute Gasteiger partial charge is 0.465 e. The number of carbonyl (C=O) groups excluding carboxylic acids is 1. The fraction of sp³-hybridized carbons (Fsp3) is 0.179. The van der Waals surface area contributed by atoms with Gasteiger partial charge in [0.1, 0.15) is 11.5 Å². The Bertz CT molecular complexity index is 1510. The zero-order valence-corrected chi connectivity index (χ0v) is 22.2. The molecule has 4 aromatic carbocycles. The number of fused-ring (bicyclic) bond motifs is 1. The Morgan fingerprint density at radius 3 is 2.33 bits per heavy atom. The lowest BCUT2D eigenvalue weighted by atomic mass is 10.0. The van der Waals surface area contributed by atoms with E-state index in [1.807, 2.05) is 66.7 Å². The van der Waals surface area contributed by atoms with E-state index in [9.17, 15) is 13.2 Å². The van der Waals surface area contributed by atoms with Crippen molar-refractivity contribution < 1.29 is 22.7 Å². The van der Waals surface area contributed by atoms with Crippen LogP contribution in [0.15, 0.2) is 88.7 Å². The Labute approximate surface area is 216 Å². The third-order valence-corrected chi connectivity index (χ3v) is 9.26. The van der Waals surface area contributed by atoms with Crippen LogP contribution in [0.4, 0.5) is 0 Å². The molecule has 0 spiro atoms. The molecule has 8 heteroatoms. The van der Waals surface area contributed by atoms with Gasteiger partial charge in [-0.25, -0.2) is 13.2 Å². The summed E-state index contributed by atoms with van der Waals surface area (Å²) in [7, 11) is -2.60. The topological polar surface area (TPSA) is 72.9 Å². The van der Waals surface area contributed by atoms with Crippen LogP contribution in [0.2, 0.25) is 0 Å². The lowest BCUT2D eigenvalue weighted by molar-refractivity contribution is 0.0599. The third kappa shape index (κ3) is 5.26. The minimum absolute atomic E-state index is 0.0521. The fourth-order valence-electron chi connectivity index (χ4n) is 3.80. The predicted molar refractivity (Wildman–Crippen MR) is 143 cm³/mol. The second-order valence-corrected chi connectivity index (χ2v) is 11.4.